The SMILES string of the molecule is CCOC1C(=O)CC1OCC1CCOC1. The van der Waals surface area contributed by atoms with Gasteiger partial charge in [-0.15, -0.1) is 0 Å². The van der Waals surface area contributed by atoms with Crippen molar-refractivity contribution in [1.82, 2.24) is 0 Å². The second-order valence-electron chi connectivity index (χ2n) is 4.15. The van der Waals surface area contributed by atoms with E-state index in [2.05, 4.69) is 0 Å². The molecule has 2 fully saturated rings. The number of Topliss-reactive ketones (excluding diaryl/α,β-unsaturated/α-hetero) is 1. The zero-order valence-electron chi connectivity index (χ0n) is 9.11. The highest BCUT2D eigenvalue weighted by molar-refractivity contribution is 5.90. The average Bonchev–Trinajstić information content (AvgIpc) is 2.73. The van der Waals surface area contributed by atoms with Gasteiger partial charge in [0.05, 0.1) is 19.3 Å². The van der Waals surface area contributed by atoms with Gasteiger partial charge < -0.3 is 14.2 Å². The number of hydrogen-bond acceptors (Lipinski definition) is 4. The van der Waals surface area contributed by atoms with Gasteiger partial charge in [0.15, 0.2) is 5.78 Å². The molecule has 2 aliphatic rings. The summed E-state index contributed by atoms with van der Waals surface area (Å²) in [5.74, 6) is 0.674. The summed E-state index contributed by atoms with van der Waals surface area (Å²) in [5, 5.41) is 0. The molecule has 0 spiro atoms. The van der Waals surface area contributed by atoms with Crippen molar-refractivity contribution in [3.8, 4) is 0 Å². The Morgan fingerprint density at radius 1 is 1.47 bits per heavy atom. The second-order valence-corrected chi connectivity index (χ2v) is 4.15. The van der Waals surface area contributed by atoms with Gasteiger partial charge >= 0.3 is 0 Å². The molecule has 0 aromatic rings. The van der Waals surface area contributed by atoms with E-state index in [0.717, 1.165) is 19.6 Å². The maximum atomic E-state index is 11.2. The molecule has 1 aliphatic carbocycles. The van der Waals surface area contributed by atoms with Crippen LogP contribution in [0.5, 0.6) is 0 Å². The minimum absolute atomic E-state index is 0.0157. The fourth-order valence-corrected chi connectivity index (χ4v) is 1.97. The van der Waals surface area contributed by atoms with Gasteiger partial charge in [-0.2, -0.15) is 0 Å². The Morgan fingerprint density at radius 3 is 2.93 bits per heavy atom. The molecule has 0 amide bonds. The first kappa shape index (κ1) is 11.0. The van der Waals surface area contributed by atoms with Gasteiger partial charge in [-0.05, 0) is 13.3 Å². The average molecular weight is 214 g/mol. The van der Waals surface area contributed by atoms with Gasteiger partial charge in [0.25, 0.3) is 0 Å². The molecule has 4 heteroatoms. The topological polar surface area (TPSA) is 44.8 Å². The molecule has 0 aromatic heterocycles. The van der Waals surface area contributed by atoms with Gasteiger partial charge in [-0.3, -0.25) is 4.79 Å². The van der Waals surface area contributed by atoms with E-state index in [4.69, 9.17) is 14.2 Å². The lowest BCUT2D eigenvalue weighted by Gasteiger charge is -2.34. The van der Waals surface area contributed by atoms with Gasteiger partial charge in [0, 0.05) is 25.6 Å². The lowest BCUT2D eigenvalue weighted by atomic mass is 9.90. The lowest BCUT2D eigenvalue weighted by molar-refractivity contribution is -0.166. The summed E-state index contributed by atoms with van der Waals surface area (Å²) in [6.45, 7) is 4.80. The Labute approximate surface area is 89.9 Å². The highest BCUT2D eigenvalue weighted by Crippen LogP contribution is 2.24. The standard InChI is InChI=1S/C11H18O4/c1-2-14-11-9(12)5-10(11)15-7-8-3-4-13-6-8/h8,10-11H,2-7H2,1H3. The first-order valence-corrected chi connectivity index (χ1v) is 5.65. The Hall–Kier alpha value is -0.450. The van der Waals surface area contributed by atoms with Crippen LogP contribution in [0.25, 0.3) is 0 Å². The predicted octanol–water partition coefficient (Wildman–Crippen LogP) is 0.786. The van der Waals surface area contributed by atoms with Crippen molar-refractivity contribution in [1.29, 1.82) is 0 Å². The van der Waals surface area contributed by atoms with Crippen LogP contribution >= 0.6 is 0 Å². The molecule has 2 rings (SSSR count). The predicted molar refractivity (Wildman–Crippen MR) is 53.7 cm³/mol. The molecular weight excluding hydrogens is 196 g/mol. The summed E-state index contributed by atoms with van der Waals surface area (Å²) < 4.78 is 16.2. The van der Waals surface area contributed by atoms with E-state index in [1.165, 1.54) is 0 Å². The summed E-state index contributed by atoms with van der Waals surface area (Å²) in [6, 6.07) is 0. The van der Waals surface area contributed by atoms with Crippen LogP contribution in [-0.4, -0.2) is 44.4 Å². The molecule has 1 aliphatic heterocycles. The molecule has 1 saturated carbocycles. The lowest BCUT2D eigenvalue weighted by Crippen LogP contribution is -2.51. The molecule has 0 radical (unpaired) electrons. The molecular formula is C11H18O4. The number of rotatable bonds is 5. The Balaban J connectivity index is 1.68. The molecule has 1 saturated heterocycles. The number of carbonyl (C=O) groups excluding carboxylic acids is 1. The summed E-state index contributed by atoms with van der Waals surface area (Å²) in [4.78, 5) is 11.2. The highest BCUT2D eigenvalue weighted by atomic mass is 16.5. The van der Waals surface area contributed by atoms with Gasteiger partial charge in [-0.25, -0.2) is 0 Å². The van der Waals surface area contributed by atoms with Crippen LogP contribution in [0, 0.1) is 5.92 Å². The third kappa shape index (κ3) is 2.56. The van der Waals surface area contributed by atoms with Crippen LogP contribution < -0.4 is 0 Å². The van der Waals surface area contributed by atoms with Crippen LogP contribution in [0.2, 0.25) is 0 Å². The molecule has 3 unspecified atom stereocenters. The number of carbonyl (C=O) groups is 1. The molecule has 4 nitrogen and oxygen atoms in total. The fraction of sp³-hybridized carbons (Fsp3) is 0.909. The summed E-state index contributed by atoms with van der Waals surface area (Å²) >= 11 is 0. The van der Waals surface area contributed by atoms with E-state index in [1.807, 2.05) is 6.92 Å². The zero-order valence-corrected chi connectivity index (χ0v) is 9.11. The van der Waals surface area contributed by atoms with Crippen molar-refractivity contribution in [2.45, 2.75) is 32.0 Å². The molecule has 1 heterocycles. The zero-order chi connectivity index (χ0) is 10.7. The second kappa shape index (κ2) is 5.05. The number of ketones is 1. The van der Waals surface area contributed by atoms with Crippen molar-refractivity contribution in [2.24, 2.45) is 5.92 Å². The third-order valence-electron chi connectivity index (χ3n) is 2.97. The first-order chi connectivity index (χ1) is 7.31. The van der Waals surface area contributed by atoms with Crippen LogP contribution in [0.3, 0.4) is 0 Å². The quantitative estimate of drug-likeness (QED) is 0.678. The minimum atomic E-state index is -0.308. The van der Waals surface area contributed by atoms with E-state index in [9.17, 15) is 4.79 Å². The summed E-state index contributed by atoms with van der Waals surface area (Å²) in [5.41, 5.74) is 0. The van der Waals surface area contributed by atoms with Crippen LogP contribution in [-0.2, 0) is 19.0 Å². The van der Waals surface area contributed by atoms with Crippen molar-refractivity contribution in [2.75, 3.05) is 26.4 Å². The molecule has 0 aromatic carbocycles. The van der Waals surface area contributed by atoms with Gasteiger partial charge in [0.1, 0.15) is 6.10 Å². The Bertz CT molecular complexity index is 223. The number of ether oxygens (including phenoxy) is 3. The van der Waals surface area contributed by atoms with E-state index in [0.29, 0.717) is 25.6 Å². The smallest absolute Gasteiger partial charge is 0.166 e. The van der Waals surface area contributed by atoms with Crippen molar-refractivity contribution < 1.29 is 19.0 Å². The van der Waals surface area contributed by atoms with E-state index in [-0.39, 0.29) is 18.0 Å². The maximum absolute atomic E-state index is 11.2. The monoisotopic (exact) mass is 214 g/mol. The van der Waals surface area contributed by atoms with Crippen molar-refractivity contribution >= 4 is 5.78 Å². The fourth-order valence-electron chi connectivity index (χ4n) is 1.97. The minimum Gasteiger partial charge on any atom is -0.381 e. The van der Waals surface area contributed by atoms with E-state index < -0.39 is 0 Å². The van der Waals surface area contributed by atoms with Crippen LogP contribution in [0.4, 0.5) is 0 Å². The van der Waals surface area contributed by atoms with E-state index in [1.54, 1.807) is 0 Å². The first-order valence-electron chi connectivity index (χ1n) is 5.65. The number of hydrogen-bond donors (Lipinski definition) is 0. The maximum Gasteiger partial charge on any atom is 0.166 e. The van der Waals surface area contributed by atoms with Crippen molar-refractivity contribution in [3.05, 3.63) is 0 Å². The van der Waals surface area contributed by atoms with Crippen LogP contribution in [0.1, 0.15) is 19.8 Å². The molecule has 86 valence electrons. The van der Waals surface area contributed by atoms with Gasteiger partial charge in [0.2, 0.25) is 0 Å². The Morgan fingerprint density at radius 2 is 2.33 bits per heavy atom. The van der Waals surface area contributed by atoms with Crippen LogP contribution in [0.15, 0.2) is 0 Å². The Kier molecular flexibility index (Phi) is 3.72. The summed E-state index contributed by atoms with van der Waals surface area (Å²) in [6.07, 6.45) is 1.26. The van der Waals surface area contributed by atoms with Gasteiger partial charge in [-0.1, -0.05) is 0 Å². The largest absolute Gasteiger partial charge is 0.381 e. The van der Waals surface area contributed by atoms with Crippen molar-refractivity contribution in [3.63, 3.8) is 0 Å². The highest BCUT2D eigenvalue weighted by Gasteiger charge is 2.41. The molecule has 15 heavy (non-hydrogen) atoms. The summed E-state index contributed by atoms with van der Waals surface area (Å²) in [7, 11) is 0. The molecule has 0 N–H and O–H groups in total. The molecule has 3 atom stereocenters. The van der Waals surface area contributed by atoms with E-state index >= 15 is 0 Å². The normalized spacial score (nSPS) is 35.5. The third-order valence-corrected chi connectivity index (χ3v) is 2.97. The molecule has 0 bridgehead atoms.